The normalized spacial score (nSPS) is 18.8. The fourth-order valence-corrected chi connectivity index (χ4v) is 7.75. The number of benzene rings is 2. The lowest BCUT2D eigenvalue weighted by Crippen LogP contribution is -2.54. The summed E-state index contributed by atoms with van der Waals surface area (Å²) < 4.78 is 12.1. The minimum absolute atomic E-state index is 0.0366. The zero-order chi connectivity index (χ0) is 40.4. The van der Waals surface area contributed by atoms with E-state index in [0.717, 1.165) is 11.1 Å². The molecule has 3 N–H and O–H groups in total. The van der Waals surface area contributed by atoms with Crippen molar-refractivity contribution in [3.63, 3.8) is 0 Å². The Labute approximate surface area is 328 Å². The van der Waals surface area contributed by atoms with E-state index in [-0.39, 0.29) is 41.2 Å². The second-order valence-electron chi connectivity index (χ2n) is 15.2. The molecule has 2 heterocycles. The van der Waals surface area contributed by atoms with Gasteiger partial charge in [-0.25, -0.2) is 9.59 Å². The summed E-state index contributed by atoms with van der Waals surface area (Å²) in [5.41, 5.74) is 0.750. The molecule has 300 valence electrons. The molecule has 0 unspecified atom stereocenters. The number of carbonyl (C=O) groups excluding carboxylic acids is 5. The Kier molecular flexibility index (Phi) is 14.1. The van der Waals surface area contributed by atoms with Crippen molar-refractivity contribution in [2.45, 2.75) is 108 Å². The molecule has 3 atom stereocenters. The number of esters is 1. The molecule has 0 saturated carbocycles. The van der Waals surface area contributed by atoms with Gasteiger partial charge in [-0.05, 0) is 101 Å². The molecule has 1 aromatic heterocycles. The van der Waals surface area contributed by atoms with E-state index >= 15 is 0 Å². The molecule has 1 aliphatic heterocycles. The predicted molar refractivity (Wildman–Crippen MR) is 211 cm³/mol. The Morgan fingerprint density at radius 2 is 1.52 bits per heavy atom. The molecule has 13 nitrogen and oxygen atoms in total. The maximum Gasteiger partial charge on any atom is 0.407 e. The molecule has 0 spiro atoms. The highest BCUT2D eigenvalue weighted by Crippen LogP contribution is 2.48. The first-order valence-corrected chi connectivity index (χ1v) is 19.7. The van der Waals surface area contributed by atoms with Crippen LogP contribution in [-0.4, -0.2) is 83.2 Å². The topological polar surface area (TPSA) is 165 Å². The standard InChI is InChI=1S/C43H55N5O8/c1-28(2)55-40(52)36(19-11-12-24-44-42(54)56-29(3)4)46-41(53)43(30-14-7-6-8-15-30)23-20-33(32-16-9-10-18-35(32)43)39(51)48-26-21-31(22-27-48)45-37(49)34-17-13-25-47(5)38(34)50/h6-10,13-18,25,28-29,31,33,36H,11-12,19-24,26-27H2,1-5H3,(H,44,54)(H,45,49)(H,46,53)/t33-,36+,43+/m0/s1. The molecule has 5 rings (SSSR count). The van der Waals surface area contributed by atoms with Gasteiger partial charge in [0.2, 0.25) is 11.8 Å². The highest BCUT2D eigenvalue weighted by Gasteiger charge is 2.49. The second-order valence-corrected chi connectivity index (χ2v) is 15.2. The second kappa shape index (κ2) is 18.9. The lowest BCUT2D eigenvalue weighted by atomic mass is 9.62. The van der Waals surface area contributed by atoms with Gasteiger partial charge in [0, 0.05) is 38.9 Å². The number of ether oxygens (including phenoxy) is 2. The number of unbranched alkanes of at least 4 members (excludes halogenated alkanes) is 1. The molecular weight excluding hydrogens is 715 g/mol. The number of likely N-dealkylation sites (tertiary alicyclic amines) is 1. The monoisotopic (exact) mass is 769 g/mol. The van der Waals surface area contributed by atoms with Gasteiger partial charge in [-0.2, -0.15) is 0 Å². The SMILES string of the molecule is CC(C)OC(=O)NCCCC[C@@H](NC(=O)[C@@]1(c2ccccc2)CC[C@H](C(=O)N2CCC(NC(=O)c3cccn(C)c3=O)CC2)c2ccccc21)C(=O)OC(C)C. The average Bonchev–Trinajstić information content (AvgIpc) is 3.17. The summed E-state index contributed by atoms with van der Waals surface area (Å²) in [5.74, 6) is -1.84. The van der Waals surface area contributed by atoms with E-state index in [1.807, 2.05) is 59.5 Å². The Balaban J connectivity index is 1.33. The number of hydrogen-bond acceptors (Lipinski definition) is 8. The molecule has 0 radical (unpaired) electrons. The first kappa shape index (κ1) is 41.7. The lowest BCUT2D eigenvalue weighted by molar-refractivity contribution is -0.152. The highest BCUT2D eigenvalue weighted by atomic mass is 16.6. The van der Waals surface area contributed by atoms with Gasteiger partial charge in [-0.15, -0.1) is 0 Å². The molecular formula is C43H55N5O8. The van der Waals surface area contributed by atoms with Gasteiger partial charge in [0.05, 0.1) is 23.5 Å². The molecule has 1 fully saturated rings. The van der Waals surface area contributed by atoms with E-state index in [0.29, 0.717) is 70.1 Å². The van der Waals surface area contributed by atoms with Crippen LogP contribution >= 0.6 is 0 Å². The Morgan fingerprint density at radius 3 is 2.21 bits per heavy atom. The number of carbonyl (C=O) groups is 5. The van der Waals surface area contributed by atoms with Crippen LogP contribution in [0.3, 0.4) is 0 Å². The van der Waals surface area contributed by atoms with E-state index in [9.17, 15) is 28.8 Å². The zero-order valence-electron chi connectivity index (χ0n) is 33.0. The number of nitrogens with zero attached hydrogens (tertiary/aromatic N) is 2. The summed E-state index contributed by atoms with van der Waals surface area (Å²) in [6, 6.07) is 19.1. The Bertz CT molecular complexity index is 1920. The van der Waals surface area contributed by atoms with E-state index in [4.69, 9.17) is 9.47 Å². The summed E-state index contributed by atoms with van der Waals surface area (Å²) in [5, 5.41) is 8.75. The van der Waals surface area contributed by atoms with Crippen LogP contribution in [0, 0.1) is 0 Å². The summed E-state index contributed by atoms with van der Waals surface area (Å²) in [6.07, 6.45) is 3.64. The fourth-order valence-electron chi connectivity index (χ4n) is 7.75. The van der Waals surface area contributed by atoms with E-state index < -0.39 is 35.3 Å². The van der Waals surface area contributed by atoms with Gasteiger partial charge >= 0.3 is 12.1 Å². The first-order chi connectivity index (χ1) is 26.8. The molecule has 2 aromatic carbocycles. The summed E-state index contributed by atoms with van der Waals surface area (Å²) in [4.78, 5) is 81.7. The molecule has 1 saturated heterocycles. The van der Waals surface area contributed by atoms with Crippen LogP contribution in [0.25, 0.3) is 0 Å². The summed E-state index contributed by atoms with van der Waals surface area (Å²) >= 11 is 0. The van der Waals surface area contributed by atoms with E-state index in [2.05, 4.69) is 16.0 Å². The number of aromatic nitrogens is 1. The van der Waals surface area contributed by atoms with Gasteiger partial charge in [-0.1, -0.05) is 54.6 Å². The maximum atomic E-state index is 14.9. The van der Waals surface area contributed by atoms with Crippen molar-refractivity contribution in [2.24, 2.45) is 7.05 Å². The van der Waals surface area contributed by atoms with Crippen molar-refractivity contribution in [3.05, 3.63) is 106 Å². The van der Waals surface area contributed by atoms with Crippen molar-refractivity contribution in [2.75, 3.05) is 19.6 Å². The highest BCUT2D eigenvalue weighted by molar-refractivity contribution is 5.97. The summed E-state index contributed by atoms with van der Waals surface area (Å²) in [6.45, 7) is 8.28. The molecule has 56 heavy (non-hydrogen) atoms. The average molecular weight is 770 g/mol. The molecule has 13 heteroatoms. The Morgan fingerprint density at radius 1 is 0.839 bits per heavy atom. The number of alkyl carbamates (subject to hydrolysis) is 1. The third-order valence-electron chi connectivity index (χ3n) is 10.5. The third kappa shape index (κ3) is 9.85. The molecule has 0 bridgehead atoms. The van der Waals surface area contributed by atoms with Crippen LogP contribution in [-0.2, 0) is 36.3 Å². The smallest absolute Gasteiger partial charge is 0.407 e. The number of amides is 4. The third-order valence-corrected chi connectivity index (χ3v) is 10.5. The van der Waals surface area contributed by atoms with E-state index in [1.54, 1.807) is 47.0 Å². The molecule has 1 aliphatic carbocycles. The van der Waals surface area contributed by atoms with Gasteiger partial charge < -0.3 is 34.9 Å². The van der Waals surface area contributed by atoms with Gasteiger partial charge in [0.15, 0.2) is 0 Å². The van der Waals surface area contributed by atoms with Crippen LogP contribution in [0.4, 0.5) is 4.79 Å². The van der Waals surface area contributed by atoms with Crippen LogP contribution in [0.15, 0.2) is 77.7 Å². The van der Waals surface area contributed by atoms with Gasteiger partial charge in [0.1, 0.15) is 11.6 Å². The maximum absolute atomic E-state index is 14.9. The van der Waals surface area contributed by atoms with Crippen molar-refractivity contribution in [1.82, 2.24) is 25.4 Å². The number of rotatable bonds is 14. The summed E-state index contributed by atoms with van der Waals surface area (Å²) in [7, 11) is 1.60. The van der Waals surface area contributed by atoms with Crippen LogP contribution in [0.5, 0.6) is 0 Å². The van der Waals surface area contributed by atoms with Crippen molar-refractivity contribution >= 4 is 29.8 Å². The van der Waals surface area contributed by atoms with Crippen LogP contribution < -0.4 is 21.5 Å². The number of nitrogens with one attached hydrogen (secondary N) is 3. The Hall–Kier alpha value is -5.46. The molecule has 2 aliphatic rings. The zero-order valence-corrected chi connectivity index (χ0v) is 33.0. The number of piperidine rings is 1. The molecule has 4 amide bonds. The predicted octanol–water partition coefficient (Wildman–Crippen LogP) is 4.71. The quantitative estimate of drug-likeness (QED) is 0.157. The number of pyridine rings is 1. The van der Waals surface area contributed by atoms with E-state index in [1.165, 1.54) is 10.6 Å². The first-order valence-electron chi connectivity index (χ1n) is 19.7. The minimum Gasteiger partial charge on any atom is -0.461 e. The van der Waals surface area contributed by atoms with Crippen LogP contribution in [0.2, 0.25) is 0 Å². The van der Waals surface area contributed by atoms with Gasteiger partial charge in [-0.3, -0.25) is 19.2 Å². The van der Waals surface area contributed by atoms with Crippen molar-refractivity contribution in [3.8, 4) is 0 Å². The van der Waals surface area contributed by atoms with Crippen LogP contribution in [0.1, 0.15) is 106 Å². The number of fused-ring (bicyclic) bond motifs is 1. The van der Waals surface area contributed by atoms with Crippen molar-refractivity contribution < 1.29 is 33.4 Å². The largest absolute Gasteiger partial charge is 0.461 e. The fraction of sp³-hybridized carbons (Fsp3) is 0.488. The number of hydrogen-bond donors (Lipinski definition) is 3. The minimum atomic E-state index is -1.20. The lowest BCUT2D eigenvalue weighted by Gasteiger charge is -2.43. The number of aryl methyl sites for hydroxylation is 1. The molecule has 3 aromatic rings. The van der Waals surface area contributed by atoms with Crippen molar-refractivity contribution in [1.29, 1.82) is 0 Å². The van der Waals surface area contributed by atoms with Gasteiger partial charge in [0.25, 0.3) is 11.5 Å².